The molecule has 2 aliphatic rings. The molecular weight excluding hydrogens is 444 g/mol. The second kappa shape index (κ2) is 9.84. The molecule has 31 heavy (non-hydrogen) atoms. The van der Waals surface area contributed by atoms with Crippen molar-refractivity contribution in [1.82, 2.24) is 9.88 Å². The minimum absolute atomic E-state index is 0.0476. The van der Waals surface area contributed by atoms with Crippen LogP contribution in [0.15, 0.2) is 48.5 Å². The standard InChI is InChI=1S/C24H26N2O2S3/c27-22(16-28-18-11-9-17(10-12-18)24-29-14-5-15-30-24)26-13-4-3-7-20(26)23-25-19-6-1-2-8-21(19)31-23/h1-2,6,8-12,20,24H,3-5,7,13-16H2. The molecule has 7 heteroatoms. The Kier molecular flexibility index (Phi) is 6.72. The van der Waals surface area contributed by atoms with Gasteiger partial charge >= 0.3 is 0 Å². The molecule has 0 aliphatic carbocycles. The van der Waals surface area contributed by atoms with Crippen LogP contribution in [-0.2, 0) is 4.79 Å². The summed E-state index contributed by atoms with van der Waals surface area (Å²) in [4.78, 5) is 19.9. The van der Waals surface area contributed by atoms with E-state index in [1.807, 2.05) is 58.8 Å². The summed E-state index contributed by atoms with van der Waals surface area (Å²) in [5.74, 6) is 3.27. The van der Waals surface area contributed by atoms with Crippen LogP contribution in [0.25, 0.3) is 10.2 Å². The van der Waals surface area contributed by atoms with Gasteiger partial charge in [-0.1, -0.05) is 24.3 Å². The highest BCUT2D eigenvalue weighted by molar-refractivity contribution is 8.16. The van der Waals surface area contributed by atoms with Crippen molar-refractivity contribution in [2.45, 2.75) is 36.3 Å². The molecule has 162 valence electrons. The summed E-state index contributed by atoms with van der Waals surface area (Å²) in [7, 11) is 0. The summed E-state index contributed by atoms with van der Waals surface area (Å²) in [5, 5.41) is 1.04. The van der Waals surface area contributed by atoms with E-state index in [2.05, 4.69) is 18.2 Å². The van der Waals surface area contributed by atoms with Gasteiger partial charge in [0, 0.05) is 6.54 Å². The van der Waals surface area contributed by atoms with Crippen LogP contribution < -0.4 is 4.74 Å². The number of rotatable bonds is 5. The van der Waals surface area contributed by atoms with Gasteiger partial charge in [-0.2, -0.15) is 0 Å². The number of hydrogen-bond donors (Lipinski definition) is 0. The highest BCUT2D eigenvalue weighted by Crippen LogP contribution is 2.43. The number of fused-ring (bicyclic) bond motifs is 1. The summed E-state index contributed by atoms with van der Waals surface area (Å²) in [6.45, 7) is 0.853. The number of hydrogen-bond acceptors (Lipinski definition) is 6. The number of thioether (sulfide) groups is 2. The van der Waals surface area contributed by atoms with Crippen LogP contribution >= 0.6 is 34.9 Å². The van der Waals surface area contributed by atoms with Crippen molar-refractivity contribution in [2.75, 3.05) is 24.7 Å². The van der Waals surface area contributed by atoms with Crippen molar-refractivity contribution in [3.05, 3.63) is 59.1 Å². The Morgan fingerprint density at radius 3 is 2.65 bits per heavy atom. The highest BCUT2D eigenvalue weighted by atomic mass is 32.2. The van der Waals surface area contributed by atoms with Gasteiger partial charge in [0.05, 0.1) is 20.8 Å². The molecule has 0 saturated carbocycles. The summed E-state index contributed by atoms with van der Waals surface area (Å²) in [6.07, 6.45) is 4.43. The van der Waals surface area contributed by atoms with Crippen molar-refractivity contribution in [2.24, 2.45) is 0 Å². The van der Waals surface area contributed by atoms with Crippen LogP contribution in [0, 0.1) is 0 Å². The largest absolute Gasteiger partial charge is 0.484 e. The zero-order valence-electron chi connectivity index (χ0n) is 17.4. The van der Waals surface area contributed by atoms with E-state index in [0.717, 1.165) is 42.1 Å². The second-order valence-electron chi connectivity index (χ2n) is 7.90. The molecule has 0 bridgehead atoms. The maximum absolute atomic E-state index is 13.1. The number of piperidine rings is 1. The lowest BCUT2D eigenvalue weighted by atomic mass is 10.0. The molecule has 2 aromatic carbocycles. The monoisotopic (exact) mass is 470 g/mol. The van der Waals surface area contributed by atoms with Crippen LogP contribution in [0.4, 0.5) is 0 Å². The number of likely N-dealkylation sites (tertiary alicyclic amines) is 1. The molecule has 2 aliphatic heterocycles. The van der Waals surface area contributed by atoms with Gasteiger partial charge in [0.15, 0.2) is 6.61 Å². The third kappa shape index (κ3) is 4.89. The molecule has 3 aromatic rings. The topological polar surface area (TPSA) is 42.4 Å². The lowest BCUT2D eigenvalue weighted by molar-refractivity contribution is -0.137. The van der Waals surface area contributed by atoms with Crippen LogP contribution in [0.3, 0.4) is 0 Å². The number of para-hydroxylation sites is 1. The first kappa shape index (κ1) is 21.2. The van der Waals surface area contributed by atoms with E-state index in [9.17, 15) is 4.79 Å². The van der Waals surface area contributed by atoms with Crippen LogP contribution in [0.2, 0.25) is 0 Å². The first-order chi connectivity index (χ1) is 15.3. The van der Waals surface area contributed by atoms with E-state index in [0.29, 0.717) is 4.58 Å². The van der Waals surface area contributed by atoms with Gasteiger partial charge in [-0.15, -0.1) is 34.9 Å². The van der Waals surface area contributed by atoms with Gasteiger partial charge < -0.3 is 9.64 Å². The van der Waals surface area contributed by atoms with E-state index in [1.54, 1.807) is 11.3 Å². The lowest BCUT2D eigenvalue weighted by Crippen LogP contribution is -2.41. The van der Waals surface area contributed by atoms with Crippen molar-refractivity contribution in [3.8, 4) is 5.75 Å². The smallest absolute Gasteiger partial charge is 0.261 e. The number of aromatic nitrogens is 1. The molecule has 1 atom stereocenters. The average Bonchev–Trinajstić information content (AvgIpc) is 3.28. The molecule has 5 rings (SSSR count). The maximum atomic E-state index is 13.1. The van der Waals surface area contributed by atoms with Gasteiger partial charge in [-0.25, -0.2) is 4.98 Å². The first-order valence-electron chi connectivity index (χ1n) is 10.9. The Bertz CT molecular complexity index is 998. The normalized spacial score (nSPS) is 20.1. The second-order valence-corrected chi connectivity index (χ2v) is 11.7. The summed E-state index contributed by atoms with van der Waals surface area (Å²) >= 11 is 5.73. The van der Waals surface area contributed by atoms with Gasteiger partial charge in [0.2, 0.25) is 0 Å². The first-order valence-corrected chi connectivity index (χ1v) is 13.8. The molecule has 0 N–H and O–H groups in total. The van der Waals surface area contributed by atoms with Gasteiger partial charge in [-0.05, 0) is 67.0 Å². The fourth-order valence-corrected chi connectivity index (χ4v) is 8.16. The molecule has 1 aromatic heterocycles. The van der Waals surface area contributed by atoms with Gasteiger partial charge in [0.1, 0.15) is 10.8 Å². The molecule has 1 amide bonds. The number of benzene rings is 2. The Balaban J connectivity index is 1.23. The zero-order valence-corrected chi connectivity index (χ0v) is 19.8. The third-order valence-corrected chi connectivity index (χ3v) is 9.91. The average molecular weight is 471 g/mol. The predicted octanol–water partition coefficient (Wildman–Crippen LogP) is 6.30. The fraction of sp³-hybridized carbons (Fsp3) is 0.417. The summed E-state index contributed by atoms with van der Waals surface area (Å²) < 4.78 is 7.59. The fourth-order valence-electron chi connectivity index (χ4n) is 4.15. The SMILES string of the molecule is O=C(COc1ccc(C2SCCCS2)cc1)N1CCCCC1c1nc2ccccc2s1. The predicted molar refractivity (Wildman–Crippen MR) is 132 cm³/mol. The lowest BCUT2D eigenvalue weighted by Gasteiger charge is -2.34. The van der Waals surface area contributed by atoms with Crippen LogP contribution in [-0.4, -0.2) is 40.4 Å². The molecule has 0 spiro atoms. The number of amides is 1. The van der Waals surface area contributed by atoms with E-state index in [1.165, 1.54) is 28.2 Å². The number of carbonyl (C=O) groups is 1. The number of nitrogens with zero attached hydrogens (tertiary/aromatic N) is 2. The number of ether oxygens (including phenoxy) is 1. The zero-order chi connectivity index (χ0) is 21.0. The molecular formula is C24H26N2O2S3. The molecule has 2 fully saturated rings. The van der Waals surface area contributed by atoms with Gasteiger partial charge in [-0.3, -0.25) is 4.79 Å². The Hall–Kier alpha value is -1.70. The molecule has 1 unspecified atom stereocenters. The molecule has 2 saturated heterocycles. The van der Waals surface area contributed by atoms with Crippen molar-refractivity contribution in [1.29, 1.82) is 0 Å². The van der Waals surface area contributed by atoms with Gasteiger partial charge in [0.25, 0.3) is 5.91 Å². The van der Waals surface area contributed by atoms with Crippen molar-refractivity contribution in [3.63, 3.8) is 0 Å². The molecule has 0 radical (unpaired) electrons. The third-order valence-electron chi connectivity index (χ3n) is 5.76. The van der Waals surface area contributed by atoms with E-state index >= 15 is 0 Å². The minimum Gasteiger partial charge on any atom is -0.484 e. The quantitative estimate of drug-likeness (QED) is 0.438. The number of carbonyl (C=O) groups excluding carboxylic acids is 1. The van der Waals surface area contributed by atoms with E-state index in [4.69, 9.17) is 9.72 Å². The Morgan fingerprint density at radius 1 is 1.03 bits per heavy atom. The molecule has 4 nitrogen and oxygen atoms in total. The van der Waals surface area contributed by atoms with Crippen molar-refractivity contribution < 1.29 is 9.53 Å². The number of thiazole rings is 1. The highest BCUT2D eigenvalue weighted by Gasteiger charge is 2.30. The summed E-state index contributed by atoms with van der Waals surface area (Å²) in [5.41, 5.74) is 2.35. The van der Waals surface area contributed by atoms with Crippen LogP contribution in [0.5, 0.6) is 5.75 Å². The van der Waals surface area contributed by atoms with Crippen molar-refractivity contribution >= 4 is 51.0 Å². The van der Waals surface area contributed by atoms with Crippen LogP contribution in [0.1, 0.15) is 46.9 Å². The summed E-state index contributed by atoms with van der Waals surface area (Å²) in [6, 6.07) is 16.5. The van der Waals surface area contributed by atoms with E-state index in [-0.39, 0.29) is 18.6 Å². The Morgan fingerprint density at radius 2 is 1.84 bits per heavy atom. The maximum Gasteiger partial charge on any atom is 0.261 e. The minimum atomic E-state index is 0.0476. The Labute approximate surface area is 195 Å². The molecule has 3 heterocycles. The van der Waals surface area contributed by atoms with E-state index < -0.39 is 0 Å².